The smallest absolute Gasteiger partial charge is 0.259 e. The summed E-state index contributed by atoms with van der Waals surface area (Å²) in [5, 5.41) is 0. The van der Waals surface area contributed by atoms with E-state index in [2.05, 4.69) is 19.9 Å². The number of piperazine rings is 1. The Hall–Kier alpha value is -2.70. The molecule has 0 aromatic carbocycles. The van der Waals surface area contributed by atoms with Crippen molar-refractivity contribution in [3.05, 3.63) is 42.0 Å². The fourth-order valence-electron chi connectivity index (χ4n) is 3.69. The maximum atomic E-state index is 13.0. The van der Waals surface area contributed by atoms with Crippen molar-refractivity contribution in [3.8, 4) is 5.88 Å². The van der Waals surface area contributed by atoms with Gasteiger partial charge in [0.2, 0.25) is 5.88 Å². The third kappa shape index (κ3) is 2.79. The first kappa shape index (κ1) is 15.8. The van der Waals surface area contributed by atoms with E-state index < -0.39 is 0 Å². The molecule has 2 aromatic heterocycles. The molecule has 7 nitrogen and oxygen atoms in total. The van der Waals surface area contributed by atoms with Crippen molar-refractivity contribution < 1.29 is 9.53 Å². The summed E-state index contributed by atoms with van der Waals surface area (Å²) >= 11 is 0. The van der Waals surface area contributed by atoms with Crippen molar-refractivity contribution >= 4 is 11.7 Å². The van der Waals surface area contributed by atoms with Crippen LogP contribution in [0, 0.1) is 6.92 Å². The van der Waals surface area contributed by atoms with Crippen molar-refractivity contribution in [2.24, 2.45) is 0 Å². The summed E-state index contributed by atoms with van der Waals surface area (Å²) in [7, 11) is 0. The van der Waals surface area contributed by atoms with Crippen LogP contribution in [0.3, 0.4) is 0 Å². The maximum absolute atomic E-state index is 13.0. The molecule has 3 aliphatic rings. The minimum absolute atomic E-state index is 0.0105. The first-order chi connectivity index (χ1) is 12.2. The fourth-order valence-corrected chi connectivity index (χ4v) is 3.69. The van der Waals surface area contributed by atoms with Gasteiger partial charge in [-0.15, -0.1) is 0 Å². The van der Waals surface area contributed by atoms with Gasteiger partial charge in [0.15, 0.2) is 0 Å². The predicted molar refractivity (Wildman–Crippen MR) is 92.8 cm³/mol. The van der Waals surface area contributed by atoms with Gasteiger partial charge in [0.1, 0.15) is 17.2 Å². The molecule has 2 unspecified atom stereocenters. The van der Waals surface area contributed by atoms with Crippen LogP contribution in [0.4, 0.5) is 5.82 Å². The van der Waals surface area contributed by atoms with Crippen molar-refractivity contribution in [2.75, 3.05) is 24.6 Å². The molecule has 25 heavy (non-hydrogen) atoms. The Bertz CT molecular complexity index is 785. The monoisotopic (exact) mass is 339 g/mol. The van der Waals surface area contributed by atoms with Crippen molar-refractivity contribution in [3.63, 3.8) is 0 Å². The minimum Gasteiger partial charge on any atom is -0.477 e. The normalized spacial score (nSPS) is 21.7. The zero-order valence-corrected chi connectivity index (χ0v) is 14.4. The van der Waals surface area contributed by atoms with Gasteiger partial charge in [0.25, 0.3) is 5.91 Å². The third-order valence-corrected chi connectivity index (χ3v) is 4.80. The number of rotatable bonds is 4. The van der Waals surface area contributed by atoms with Gasteiger partial charge < -0.3 is 14.5 Å². The number of aryl methyl sites for hydroxylation is 1. The summed E-state index contributed by atoms with van der Waals surface area (Å²) in [6.07, 6.45) is 4.47. The Morgan fingerprint density at radius 2 is 2.04 bits per heavy atom. The molecule has 0 radical (unpaired) electrons. The largest absolute Gasteiger partial charge is 0.477 e. The lowest BCUT2D eigenvalue weighted by atomic mass is 9.86. The molecule has 5 rings (SSSR count). The Labute approximate surface area is 146 Å². The average Bonchev–Trinajstić information content (AvgIpc) is 2.62. The Balaban J connectivity index is 1.51. The minimum atomic E-state index is 0.0105. The van der Waals surface area contributed by atoms with Crippen LogP contribution in [-0.4, -0.2) is 57.5 Å². The van der Waals surface area contributed by atoms with Crippen molar-refractivity contribution in [1.82, 2.24) is 19.9 Å². The van der Waals surface area contributed by atoms with E-state index in [1.165, 1.54) is 0 Å². The molecule has 3 saturated heterocycles. The van der Waals surface area contributed by atoms with E-state index in [1.807, 2.05) is 24.8 Å². The molecular weight excluding hydrogens is 318 g/mol. The lowest BCUT2D eigenvalue weighted by Gasteiger charge is -2.56. The van der Waals surface area contributed by atoms with Gasteiger partial charge in [-0.1, -0.05) is 0 Å². The SMILES string of the molecule is CCOc1ncccc1C(=O)N1C2CC1CN(c1ccnc(C)n1)C2. The van der Waals surface area contributed by atoms with Gasteiger partial charge in [-0.3, -0.25) is 4.79 Å². The second-order valence-corrected chi connectivity index (χ2v) is 6.41. The van der Waals surface area contributed by atoms with Crippen LogP contribution in [0.2, 0.25) is 0 Å². The number of hydrogen-bond donors (Lipinski definition) is 0. The van der Waals surface area contributed by atoms with Crippen LogP contribution in [-0.2, 0) is 0 Å². The number of fused-ring (bicyclic) bond motifs is 2. The standard InChI is InChI=1S/C18H21N5O2/c1-3-25-17-15(5-4-7-20-17)18(24)23-13-9-14(23)11-22(10-13)16-6-8-19-12(2)21-16/h4-8,13-14H,3,9-11H2,1-2H3. The van der Waals surface area contributed by atoms with Gasteiger partial charge in [-0.2, -0.15) is 0 Å². The quantitative estimate of drug-likeness (QED) is 0.844. The van der Waals surface area contributed by atoms with Gasteiger partial charge in [0.05, 0.1) is 18.7 Å². The molecule has 7 heteroatoms. The zero-order chi connectivity index (χ0) is 17.4. The van der Waals surface area contributed by atoms with Gasteiger partial charge in [-0.05, 0) is 38.5 Å². The summed E-state index contributed by atoms with van der Waals surface area (Å²) < 4.78 is 5.52. The van der Waals surface area contributed by atoms with E-state index in [0.29, 0.717) is 18.1 Å². The first-order valence-corrected chi connectivity index (χ1v) is 8.62. The third-order valence-electron chi connectivity index (χ3n) is 4.80. The molecule has 2 aromatic rings. The van der Waals surface area contributed by atoms with E-state index in [1.54, 1.807) is 24.5 Å². The molecule has 3 fully saturated rings. The summed E-state index contributed by atoms with van der Waals surface area (Å²) in [6.45, 7) is 5.86. The van der Waals surface area contributed by atoms with E-state index in [9.17, 15) is 4.79 Å². The molecule has 0 spiro atoms. The highest BCUT2D eigenvalue weighted by Crippen LogP contribution is 2.36. The number of carbonyl (C=O) groups is 1. The van der Waals surface area contributed by atoms with Gasteiger partial charge in [0, 0.05) is 25.5 Å². The van der Waals surface area contributed by atoms with Crippen LogP contribution in [0.5, 0.6) is 5.88 Å². The average molecular weight is 339 g/mol. The van der Waals surface area contributed by atoms with Crippen LogP contribution in [0.15, 0.2) is 30.6 Å². The van der Waals surface area contributed by atoms with Gasteiger partial charge in [-0.25, -0.2) is 15.0 Å². The van der Waals surface area contributed by atoms with Crippen molar-refractivity contribution in [1.29, 1.82) is 0 Å². The Morgan fingerprint density at radius 3 is 2.76 bits per heavy atom. The summed E-state index contributed by atoms with van der Waals surface area (Å²) in [6, 6.07) is 5.91. The number of nitrogens with zero attached hydrogens (tertiary/aromatic N) is 5. The van der Waals surface area contributed by atoms with E-state index >= 15 is 0 Å². The Morgan fingerprint density at radius 1 is 1.24 bits per heavy atom. The first-order valence-electron chi connectivity index (χ1n) is 8.62. The van der Waals surface area contributed by atoms with E-state index in [0.717, 1.165) is 31.2 Å². The fraction of sp³-hybridized carbons (Fsp3) is 0.444. The summed E-state index contributed by atoms with van der Waals surface area (Å²) in [5.74, 6) is 2.13. The number of hydrogen-bond acceptors (Lipinski definition) is 6. The highest BCUT2D eigenvalue weighted by atomic mass is 16.5. The number of carbonyl (C=O) groups excluding carboxylic acids is 1. The summed E-state index contributed by atoms with van der Waals surface area (Å²) in [4.78, 5) is 30.1. The molecule has 0 N–H and O–H groups in total. The number of amides is 1. The van der Waals surface area contributed by atoms with E-state index in [-0.39, 0.29) is 18.0 Å². The number of ether oxygens (including phenoxy) is 1. The molecule has 1 amide bonds. The van der Waals surface area contributed by atoms with Gasteiger partial charge >= 0.3 is 0 Å². The van der Waals surface area contributed by atoms with Crippen LogP contribution < -0.4 is 9.64 Å². The lowest BCUT2D eigenvalue weighted by Crippen LogP contribution is -2.70. The highest BCUT2D eigenvalue weighted by molar-refractivity contribution is 5.97. The number of aromatic nitrogens is 3. The Kier molecular flexibility index (Phi) is 3.99. The lowest BCUT2D eigenvalue weighted by molar-refractivity contribution is 0.00540. The second-order valence-electron chi connectivity index (χ2n) is 6.41. The summed E-state index contributed by atoms with van der Waals surface area (Å²) in [5.41, 5.74) is 0.547. The van der Waals surface area contributed by atoms with E-state index in [4.69, 9.17) is 4.74 Å². The highest BCUT2D eigenvalue weighted by Gasteiger charge is 2.48. The predicted octanol–water partition coefficient (Wildman–Crippen LogP) is 1.68. The number of piperidine rings is 1. The molecule has 0 aliphatic carbocycles. The molecular formula is C18H21N5O2. The number of anilines is 1. The molecule has 2 atom stereocenters. The zero-order valence-electron chi connectivity index (χ0n) is 14.4. The molecule has 2 bridgehead atoms. The number of pyridine rings is 1. The second kappa shape index (κ2) is 6.31. The molecule has 0 saturated carbocycles. The molecule has 3 aliphatic heterocycles. The van der Waals surface area contributed by atoms with Crippen LogP contribution in [0.1, 0.15) is 29.5 Å². The molecule has 5 heterocycles. The van der Waals surface area contributed by atoms with Crippen molar-refractivity contribution in [2.45, 2.75) is 32.4 Å². The van der Waals surface area contributed by atoms with Crippen LogP contribution in [0.25, 0.3) is 0 Å². The van der Waals surface area contributed by atoms with Crippen LogP contribution >= 0.6 is 0 Å². The molecule has 130 valence electrons. The maximum Gasteiger partial charge on any atom is 0.259 e. The topological polar surface area (TPSA) is 71.5 Å².